The van der Waals surface area contributed by atoms with Crippen molar-refractivity contribution in [3.8, 4) is 0 Å². The molecule has 0 aliphatic rings. The Morgan fingerprint density at radius 3 is 2.72 bits per heavy atom. The van der Waals surface area contributed by atoms with Gasteiger partial charge in [-0.25, -0.2) is 0 Å². The molecule has 3 N–H and O–H groups in total. The van der Waals surface area contributed by atoms with Gasteiger partial charge in [0.15, 0.2) is 0 Å². The van der Waals surface area contributed by atoms with Crippen molar-refractivity contribution >= 4 is 5.91 Å². The Balaban J connectivity index is 2.40. The van der Waals surface area contributed by atoms with Crippen LogP contribution in [0.1, 0.15) is 31.4 Å². The quantitative estimate of drug-likeness (QED) is 0.809. The maximum Gasteiger partial charge on any atom is 0.225 e. The second-order valence-corrected chi connectivity index (χ2v) is 5.42. The molecule has 0 fully saturated rings. The third-order valence-corrected chi connectivity index (χ3v) is 3.17. The van der Waals surface area contributed by atoms with Gasteiger partial charge in [0, 0.05) is 12.0 Å². The van der Waals surface area contributed by atoms with Gasteiger partial charge >= 0.3 is 0 Å². The topological polar surface area (TPSA) is 55.1 Å². The van der Waals surface area contributed by atoms with Crippen LogP contribution in [0.25, 0.3) is 0 Å². The Labute approximate surface area is 110 Å². The Kier molecular flexibility index (Phi) is 5.35. The summed E-state index contributed by atoms with van der Waals surface area (Å²) in [5, 5.41) is 2.98. The Morgan fingerprint density at radius 2 is 2.11 bits per heavy atom. The number of amides is 1. The van der Waals surface area contributed by atoms with Crippen molar-refractivity contribution in [1.82, 2.24) is 5.32 Å². The minimum atomic E-state index is -0.374. The van der Waals surface area contributed by atoms with Crippen LogP contribution in [0.5, 0.6) is 0 Å². The number of hydrogen-bond acceptors (Lipinski definition) is 2. The van der Waals surface area contributed by atoms with Crippen molar-refractivity contribution in [2.45, 2.75) is 33.6 Å². The van der Waals surface area contributed by atoms with Crippen molar-refractivity contribution in [3.63, 3.8) is 0 Å². The average Bonchev–Trinajstić information content (AvgIpc) is 2.28. The highest BCUT2D eigenvalue weighted by atomic mass is 16.2. The lowest BCUT2D eigenvalue weighted by Gasteiger charge is -2.22. The molecule has 1 rings (SSSR count). The van der Waals surface area contributed by atoms with E-state index in [9.17, 15) is 4.79 Å². The zero-order valence-corrected chi connectivity index (χ0v) is 11.6. The van der Waals surface area contributed by atoms with Crippen LogP contribution in [-0.2, 0) is 11.2 Å². The zero-order valence-electron chi connectivity index (χ0n) is 11.6. The largest absolute Gasteiger partial charge is 0.355 e. The van der Waals surface area contributed by atoms with Gasteiger partial charge in [-0.1, -0.05) is 43.7 Å². The Bertz CT molecular complexity index is 399. The maximum absolute atomic E-state index is 11.9. The van der Waals surface area contributed by atoms with Crippen LogP contribution in [0.2, 0.25) is 0 Å². The SMILES string of the molecule is Cc1cccc(CCNC(=O)C(C)(C)CCN)c1. The third-order valence-electron chi connectivity index (χ3n) is 3.17. The minimum absolute atomic E-state index is 0.0839. The molecule has 1 amide bonds. The van der Waals surface area contributed by atoms with E-state index >= 15 is 0 Å². The molecule has 0 saturated carbocycles. The standard InChI is InChI=1S/C15H24N2O/c1-12-5-4-6-13(11-12)7-10-17-14(18)15(2,3)8-9-16/h4-6,11H,7-10,16H2,1-3H3,(H,17,18). The molecule has 1 aromatic rings. The molecule has 0 bridgehead atoms. The Morgan fingerprint density at radius 1 is 1.39 bits per heavy atom. The predicted octanol–water partition coefficient (Wildman–Crippen LogP) is 2.03. The predicted molar refractivity (Wildman–Crippen MR) is 75.3 cm³/mol. The van der Waals surface area contributed by atoms with Gasteiger partial charge in [-0.2, -0.15) is 0 Å². The molecular weight excluding hydrogens is 224 g/mol. The molecule has 0 atom stereocenters. The molecule has 1 aromatic carbocycles. The smallest absolute Gasteiger partial charge is 0.225 e. The highest BCUT2D eigenvalue weighted by Gasteiger charge is 2.25. The first kappa shape index (κ1) is 14.7. The monoisotopic (exact) mass is 248 g/mol. The average molecular weight is 248 g/mol. The lowest BCUT2D eigenvalue weighted by Crippen LogP contribution is -2.39. The summed E-state index contributed by atoms with van der Waals surface area (Å²) < 4.78 is 0. The summed E-state index contributed by atoms with van der Waals surface area (Å²) in [6.07, 6.45) is 1.58. The fraction of sp³-hybridized carbons (Fsp3) is 0.533. The highest BCUT2D eigenvalue weighted by molar-refractivity contribution is 5.81. The van der Waals surface area contributed by atoms with E-state index in [1.165, 1.54) is 11.1 Å². The van der Waals surface area contributed by atoms with Gasteiger partial charge in [-0.05, 0) is 31.9 Å². The van der Waals surface area contributed by atoms with Gasteiger partial charge in [0.25, 0.3) is 0 Å². The first-order valence-corrected chi connectivity index (χ1v) is 6.49. The number of benzene rings is 1. The lowest BCUT2D eigenvalue weighted by atomic mass is 9.88. The molecule has 0 aliphatic carbocycles. The van der Waals surface area contributed by atoms with Crippen LogP contribution >= 0.6 is 0 Å². The molecule has 3 nitrogen and oxygen atoms in total. The van der Waals surface area contributed by atoms with Crippen molar-refractivity contribution in [2.75, 3.05) is 13.1 Å². The first-order chi connectivity index (χ1) is 8.45. The number of aryl methyl sites for hydroxylation is 1. The molecule has 0 radical (unpaired) electrons. The van der Waals surface area contributed by atoms with Gasteiger partial charge < -0.3 is 11.1 Å². The van der Waals surface area contributed by atoms with E-state index in [2.05, 4.69) is 30.4 Å². The number of hydrogen-bond donors (Lipinski definition) is 2. The fourth-order valence-corrected chi connectivity index (χ4v) is 1.90. The van der Waals surface area contributed by atoms with Crippen LogP contribution in [0.4, 0.5) is 0 Å². The summed E-state index contributed by atoms with van der Waals surface area (Å²) in [6.45, 7) is 7.16. The van der Waals surface area contributed by atoms with Gasteiger partial charge in [-0.3, -0.25) is 4.79 Å². The van der Waals surface area contributed by atoms with E-state index in [1.54, 1.807) is 0 Å². The lowest BCUT2D eigenvalue weighted by molar-refractivity contribution is -0.129. The summed E-state index contributed by atoms with van der Waals surface area (Å²) in [4.78, 5) is 11.9. The minimum Gasteiger partial charge on any atom is -0.355 e. The molecule has 0 spiro atoms. The van der Waals surface area contributed by atoms with Gasteiger partial charge in [-0.15, -0.1) is 0 Å². The first-order valence-electron chi connectivity index (χ1n) is 6.49. The Hall–Kier alpha value is -1.35. The van der Waals surface area contributed by atoms with Crippen molar-refractivity contribution in [2.24, 2.45) is 11.1 Å². The summed E-state index contributed by atoms with van der Waals surface area (Å²) in [5.74, 6) is 0.0839. The van der Waals surface area contributed by atoms with Gasteiger partial charge in [0.2, 0.25) is 5.91 Å². The summed E-state index contributed by atoms with van der Waals surface area (Å²) in [7, 11) is 0. The highest BCUT2D eigenvalue weighted by Crippen LogP contribution is 2.19. The molecule has 100 valence electrons. The summed E-state index contributed by atoms with van der Waals surface area (Å²) >= 11 is 0. The van der Waals surface area contributed by atoms with Gasteiger partial charge in [0.05, 0.1) is 0 Å². The molecule has 18 heavy (non-hydrogen) atoms. The zero-order chi connectivity index (χ0) is 13.6. The van der Waals surface area contributed by atoms with Crippen LogP contribution in [0.15, 0.2) is 24.3 Å². The van der Waals surface area contributed by atoms with Gasteiger partial charge in [0.1, 0.15) is 0 Å². The molecular formula is C15H24N2O. The molecule has 0 saturated heterocycles. The van der Waals surface area contributed by atoms with E-state index in [0.717, 1.165) is 6.42 Å². The number of nitrogens with two attached hydrogens (primary N) is 1. The van der Waals surface area contributed by atoms with Crippen molar-refractivity contribution in [1.29, 1.82) is 0 Å². The van der Waals surface area contributed by atoms with Crippen molar-refractivity contribution < 1.29 is 4.79 Å². The second-order valence-electron chi connectivity index (χ2n) is 5.42. The van der Waals surface area contributed by atoms with Crippen molar-refractivity contribution in [3.05, 3.63) is 35.4 Å². The van der Waals surface area contributed by atoms with E-state index < -0.39 is 0 Å². The van der Waals surface area contributed by atoms with E-state index in [1.807, 2.05) is 19.9 Å². The van der Waals surface area contributed by atoms with Crippen LogP contribution in [-0.4, -0.2) is 19.0 Å². The van der Waals surface area contributed by atoms with E-state index in [4.69, 9.17) is 5.73 Å². The molecule has 0 aliphatic heterocycles. The molecule has 0 aromatic heterocycles. The van der Waals surface area contributed by atoms with Crippen LogP contribution < -0.4 is 11.1 Å². The summed E-state index contributed by atoms with van der Waals surface area (Å²) in [5.41, 5.74) is 7.64. The van der Waals surface area contributed by atoms with E-state index in [0.29, 0.717) is 19.5 Å². The third kappa shape index (κ3) is 4.49. The van der Waals surface area contributed by atoms with Crippen LogP contribution in [0, 0.1) is 12.3 Å². The maximum atomic E-state index is 11.9. The molecule has 0 unspecified atom stereocenters. The number of carbonyl (C=O) groups is 1. The number of rotatable bonds is 6. The molecule has 0 heterocycles. The number of nitrogens with one attached hydrogen (secondary N) is 1. The number of carbonyl (C=O) groups excluding carboxylic acids is 1. The fourth-order valence-electron chi connectivity index (χ4n) is 1.90. The summed E-state index contributed by atoms with van der Waals surface area (Å²) in [6, 6.07) is 8.36. The van der Waals surface area contributed by atoms with E-state index in [-0.39, 0.29) is 11.3 Å². The van der Waals surface area contributed by atoms with Crippen LogP contribution in [0.3, 0.4) is 0 Å². The normalized spacial score (nSPS) is 11.3. The second kappa shape index (κ2) is 6.55. The molecule has 3 heteroatoms.